The van der Waals surface area contributed by atoms with Crippen molar-refractivity contribution in [3.8, 4) is 0 Å². The van der Waals surface area contributed by atoms with E-state index < -0.39 is 53.5 Å². The molecule has 5 rings (SSSR count). The third-order valence-electron chi connectivity index (χ3n) is 14.3. The van der Waals surface area contributed by atoms with E-state index in [1.807, 2.05) is 106 Å². The van der Waals surface area contributed by atoms with Crippen LogP contribution in [0.25, 0.3) is 0 Å². The number of amides is 3. The molecule has 4 aromatic rings. The fraction of sp³-hybridized carbons (Fsp3) is 0.532. The van der Waals surface area contributed by atoms with Crippen molar-refractivity contribution in [2.24, 2.45) is 23.2 Å². The summed E-state index contributed by atoms with van der Waals surface area (Å²) in [5.74, 6) is -2.82. The minimum absolute atomic E-state index is 0.0380. The van der Waals surface area contributed by atoms with Gasteiger partial charge in [-0.05, 0) is 93.9 Å². The third-order valence-corrected chi connectivity index (χ3v) is 14.3. The van der Waals surface area contributed by atoms with Crippen LogP contribution in [0.15, 0.2) is 104 Å². The number of carbonyl (C=O) groups is 7. The number of carbonyl (C=O) groups excluding carboxylic acids is 6. The smallest absolute Gasteiger partial charge is 0.481 e. The predicted molar refractivity (Wildman–Crippen MR) is 305 cm³/mol. The summed E-state index contributed by atoms with van der Waals surface area (Å²) in [6.45, 7) is 20.8. The largest absolute Gasteiger partial charge is 0.482 e. The second-order valence-electron chi connectivity index (χ2n) is 22.4. The summed E-state index contributed by atoms with van der Waals surface area (Å²) >= 11 is 0. The van der Waals surface area contributed by atoms with Gasteiger partial charge in [0.2, 0.25) is 11.8 Å². The van der Waals surface area contributed by atoms with Crippen LogP contribution in [0.2, 0.25) is 0 Å². The second kappa shape index (κ2) is 32.0. The minimum atomic E-state index is -1.02. The lowest BCUT2D eigenvalue weighted by molar-refractivity contribution is -0.139. The summed E-state index contributed by atoms with van der Waals surface area (Å²) in [5.41, 5.74) is 1.13. The molecule has 6 unspecified atom stereocenters. The number of ketones is 3. The van der Waals surface area contributed by atoms with E-state index in [1.165, 1.54) is 25.5 Å². The summed E-state index contributed by atoms with van der Waals surface area (Å²) in [6.07, 6.45) is 10.1. The van der Waals surface area contributed by atoms with Crippen LogP contribution in [-0.4, -0.2) is 88.4 Å². The van der Waals surface area contributed by atoms with Crippen molar-refractivity contribution in [3.05, 3.63) is 131 Å². The number of hydrogen-bond donors (Lipinski definition) is 4. The molecule has 428 valence electrons. The lowest BCUT2D eigenvalue weighted by atomic mass is 9.73. The number of hydrogen-bond acceptors (Lipinski definition) is 12. The van der Waals surface area contributed by atoms with Crippen LogP contribution < -0.4 is 16.0 Å². The maximum absolute atomic E-state index is 14.3. The van der Waals surface area contributed by atoms with Crippen molar-refractivity contribution < 1.29 is 52.7 Å². The Bertz CT molecular complexity index is 2560. The van der Waals surface area contributed by atoms with Crippen molar-refractivity contribution in [1.29, 1.82) is 0 Å². The number of rotatable bonds is 31. The quantitative estimate of drug-likeness (QED) is 0.0272. The van der Waals surface area contributed by atoms with Crippen LogP contribution in [0, 0.1) is 23.2 Å². The van der Waals surface area contributed by atoms with E-state index in [0.29, 0.717) is 32.4 Å². The number of carboxylic acids is 1. The number of carboxylic acid groups (broad SMARTS) is 1. The van der Waals surface area contributed by atoms with Gasteiger partial charge < -0.3 is 39.9 Å². The Morgan fingerprint density at radius 2 is 1.37 bits per heavy atom. The molecule has 1 aliphatic rings. The standard InChI is InChI=1S/C50H66BN5O7.C12H20O4/c1-7-30-61-31-16-15-21-44(57)39(8-2)24-27-46(58)54-34-38-22-25-41(26-23-38)50(6)49(5,40-19-13-10-14-20-40)62-51(63-50)45(32-36(3)4)56-47(59)42(33-37-17-11-9-12-18-37)55-48(60)43-35-52-28-29-53-43;1-8(13)7-9(5-6-10(14)15)11(16)12(2,3)4/h9-14,17-20,22-23,25-26,28-29,35-36,39,42,45H,7-8,15-16,21,24,27,30-34H2,1-6H3,(H,54,58)(H,55,60)(H,56,59);9H,5-7H2,1-4H3,(H,14,15). The molecule has 17 heteroatoms. The van der Waals surface area contributed by atoms with E-state index in [9.17, 15) is 33.6 Å². The van der Waals surface area contributed by atoms with Gasteiger partial charge in [0.15, 0.2) is 0 Å². The number of Topliss-reactive ketones (excluding diaryl/α,β-unsaturated/α-hetero) is 3. The summed E-state index contributed by atoms with van der Waals surface area (Å²) in [6, 6.07) is 26.5. The molecule has 1 aliphatic heterocycles. The molecule has 6 atom stereocenters. The summed E-state index contributed by atoms with van der Waals surface area (Å²) < 4.78 is 19.6. The first kappa shape index (κ1) is 65.1. The van der Waals surface area contributed by atoms with E-state index in [0.717, 1.165) is 54.5 Å². The van der Waals surface area contributed by atoms with Crippen molar-refractivity contribution >= 4 is 48.2 Å². The molecule has 0 radical (unpaired) electrons. The molecule has 2 heterocycles. The molecule has 3 aromatic carbocycles. The van der Waals surface area contributed by atoms with Crippen LogP contribution in [0.3, 0.4) is 0 Å². The van der Waals surface area contributed by atoms with Crippen molar-refractivity contribution in [1.82, 2.24) is 25.9 Å². The highest BCUT2D eigenvalue weighted by atomic mass is 16.7. The molecule has 3 amide bonds. The van der Waals surface area contributed by atoms with Gasteiger partial charge in [-0.25, -0.2) is 4.98 Å². The van der Waals surface area contributed by atoms with Crippen LogP contribution in [0.4, 0.5) is 0 Å². The SMILES string of the molecule is CC(=O)CC(CCC(=O)O)C(=O)C(C)(C)C.CCCOCCCCC(=O)C(CC)CCC(=O)NCc1ccc(C2(C)OB(C(CC(C)C)NC(=O)C(Cc3ccccc3)NC(=O)c3cnccn3)OC2(C)c2ccccc2)cc1. The summed E-state index contributed by atoms with van der Waals surface area (Å²) in [4.78, 5) is 95.1. The Kier molecular flexibility index (Phi) is 26.4. The molecule has 0 saturated carbocycles. The van der Waals surface area contributed by atoms with Gasteiger partial charge in [0, 0.05) is 81.5 Å². The second-order valence-corrected chi connectivity index (χ2v) is 22.4. The molecule has 0 spiro atoms. The molecule has 1 aromatic heterocycles. The fourth-order valence-corrected chi connectivity index (χ4v) is 9.72. The van der Waals surface area contributed by atoms with Gasteiger partial charge in [0.25, 0.3) is 5.91 Å². The number of ether oxygens (including phenoxy) is 1. The van der Waals surface area contributed by atoms with Crippen LogP contribution >= 0.6 is 0 Å². The molecule has 0 bridgehead atoms. The molecular formula is C62H86BN5O11. The summed E-state index contributed by atoms with van der Waals surface area (Å²) in [7, 11) is -0.864. The van der Waals surface area contributed by atoms with Crippen LogP contribution in [0.1, 0.15) is 173 Å². The Morgan fingerprint density at radius 1 is 0.747 bits per heavy atom. The van der Waals surface area contributed by atoms with Gasteiger partial charge in [0.05, 0.1) is 12.1 Å². The van der Waals surface area contributed by atoms with Crippen molar-refractivity contribution in [2.75, 3.05) is 13.2 Å². The average molecular weight is 1090 g/mol. The zero-order chi connectivity index (χ0) is 58.2. The zero-order valence-electron chi connectivity index (χ0n) is 48.3. The van der Waals surface area contributed by atoms with E-state index in [1.54, 1.807) is 20.8 Å². The molecule has 16 nitrogen and oxygen atoms in total. The number of unbranched alkanes of at least 4 members (excludes halogenated alkanes) is 1. The molecular weight excluding hydrogens is 1000 g/mol. The highest BCUT2D eigenvalue weighted by Crippen LogP contribution is 2.52. The maximum atomic E-state index is 14.3. The first-order valence-corrected chi connectivity index (χ1v) is 28.1. The summed E-state index contributed by atoms with van der Waals surface area (Å²) in [5, 5.41) is 17.7. The first-order chi connectivity index (χ1) is 37.5. The topological polar surface area (TPSA) is 229 Å². The fourth-order valence-electron chi connectivity index (χ4n) is 9.72. The third kappa shape index (κ3) is 20.6. The number of nitrogens with zero attached hydrogens (tertiary/aromatic N) is 2. The van der Waals surface area contributed by atoms with Crippen LogP contribution in [-0.2, 0) is 67.0 Å². The van der Waals surface area contributed by atoms with Gasteiger partial charge in [-0.2, -0.15) is 0 Å². The van der Waals surface area contributed by atoms with Crippen molar-refractivity contribution in [2.45, 2.75) is 176 Å². The van der Waals surface area contributed by atoms with E-state index in [-0.39, 0.29) is 78.8 Å². The van der Waals surface area contributed by atoms with E-state index in [2.05, 4.69) is 46.7 Å². The minimum Gasteiger partial charge on any atom is -0.481 e. The van der Waals surface area contributed by atoms with Gasteiger partial charge >= 0.3 is 13.1 Å². The Labute approximate surface area is 468 Å². The number of aromatic nitrogens is 2. The Hall–Kier alpha value is -6.43. The highest BCUT2D eigenvalue weighted by molar-refractivity contribution is 6.48. The molecule has 79 heavy (non-hydrogen) atoms. The van der Waals surface area contributed by atoms with Gasteiger partial charge in [-0.3, -0.25) is 33.8 Å². The number of benzene rings is 3. The Balaban J connectivity index is 0.000000726. The highest BCUT2D eigenvalue weighted by Gasteiger charge is 2.60. The first-order valence-electron chi connectivity index (χ1n) is 28.1. The average Bonchev–Trinajstić information content (AvgIpc) is 3.99. The monoisotopic (exact) mass is 1090 g/mol. The van der Waals surface area contributed by atoms with Gasteiger partial charge in [-0.1, -0.05) is 133 Å². The van der Waals surface area contributed by atoms with Crippen LogP contribution in [0.5, 0.6) is 0 Å². The lowest BCUT2D eigenvalue weighted by Gasteiger charge is -2.40. The molecule has 0 aliphatic carbocycles. The van der Waals surface area contributed by atoms with Gasteiger partial charge in [-0.15, -0.1) is 0 Å². The zero-order valence-corrected chi connectivity index (χ0v) is 48.3. The maximum Gasteiger partial charge on any atom is 0.482 e. The van der Waals surface area contributed by atoms with Gasteiger partial charge in [0.1, 0.15) is 40.3 Å². The van der Waals surface area contributed by atoms with E-state index in [4.69, 9.17) is 19.2 Å². The van der Waals surface area contributed by atoms with Crippen molar-refractivity contribution in [3.63, 3.8) is 0 Å². The lowest BCUT2D eigenvalue weighted by Crippen LogP contribution is -2.55. The predicted octanol–water partition coefficient (Wildman–Crippen LogP) is 9.90. The van der Waals surface area contributed by atoms with E-state index >= 15 is 0 Å². The molecule has 1 saturated heterocycles. The number of nitrogens with one attached hydrogen (secondary N) is 3. The number of aliphatic carboxylic acids is 1. The Morgan fingerprint density at radius 3 is 1.92 bits per heavy atom. The molecule has 4 N–H and O–H groups in total. The normalized spacial score (nSPS) is 17.6. The molecule has 1 fully saturated rings.